The van der Waals surface area contributed by atoms with Gasteiger partial charge in [0.05, 0.1) is 126 Å². The van der Waals surface area contributed by atoms with Crippen LogP contribution in [0.3, 0.4) is 0 Å². The summed E-state index contributed by atoms with van der Waals surface area (Å²) in [6.07, 6.45) is 0. The van der Waals surface area contributed by atoms with Crippen LogP contribution >= 0.6 is 22.7 Å². The number of benzene rings is 2. The molecule has 1 aliphatic heterocycles. The van der Waals surface area contributed by atoms with Gasteiger partial charge in [-0.2, -0.15) is 0 Å². The molecule has 14 nitrogen and oxygen atoms in total. The minimum absolute atomic E-state index is 0.234. The molecule has 0 saturated heterocycles. The molecule has 62 heavy (non-hydrogen) atoms. The molecule has 0 radical (unpaired) electrons. The number of nitrogens with zero attached hydrogens (tertiary/aromatic N) is 2. The highest BCUT2D eigenvalue weighted by Gasteiger charge is 2.19. The van der Waals surface area contributed by atoms with Crippen LogP contribution < -0.4 is 0 Å². The van der Waals surface area contributed by atoms with Crippen molar-refractivity contribution in [2.45, 2.75) is 26.4 Å². The Bertz CT molecular complexity index is 2300. The minimum Gasteiger partial charge on any atom is -0.465 e. The highest BCUT2D eigenvalue weighted by atomic mass is 32.1. The van der Waals surface area contributed by atoms with Crippen LogP contribution in [-0.4, -0.2) is 88.7 Å². The Kier molecular flexibility index (Phi) is 14.6. The highest BCUT2D eigenvalue weighted by molar-refractivity contribution is 7.19. The summed E-state index contributed by atoms with van der Waals surface area (Å²) < 4.78 is 43.8. The lowest BCUT2D eigenvalue weighted by Gasteiger charge is -2.12. The van der Waals surface area contributed by atoms with Crippen molar-refractivity contribution in [2.24, 2.45) is 0 Å². The fraction of sp³-hybridized carbons (Fsp3) is 0.261. The summed E-state index contributed by atoms with van der Waals surface area (Å²) in [7, 11) is 5.16. The Morgan fingerprint density at radius 3 is 0.887 bits per heavy atom. The van der Waals surface area contributed by atoms with Crippen molar-refractivity contribution in [3.05, 3.63) is 130 Å². The van der Waals surface area contributed by atoms with Crippen LogP contribution in [0.25, 0.3) is 41.8 Å². The van der Waals surface area contributed by atoms with E-state index in [0.717, 1.165) is 30.6 Å². The van der Waals surface area contributed by atoms with Gasteiger partial charge in [0.25, 0.3) is 0 Å². The number of ether oxygens (including phenoxy) is 8. The standard InChI is InChI=1S/C46H42N2O12S2/c1-53-43(49)31-13-27(14-32(17-31)44(50)54-2)39-5-7-41(61-39)29-19-35-23-57-9-11-59-25-37-21-30(22-38(48-37)26-60-12-10-58-24-36(20-29)47-35)42-8-6-40(62-42)28-15-33(45(51)55-3)18-34(16-28)46(52)56-4/h5-8,13-22H,9-12,23-26H2,1-4H3. The van der Waals surface area contributed by atoms with Crippen molar-refractivity contribution in [3.8, 4) is 41.8 Å². The lowest BCUT2D eigenvalue weighted by Crippen LogP contribution is -2.10. The van der Waals surface area contributed by atoms with E-state index in [1.54, 1.807) is 24.3 Å². The maximum absolute atomic E-state index is 12.4. The Morgan fingerprint density at radius 2 is 0.645 bits per heavy atom. The largest absolute Gasteiger partial charge is 0.465 e. The number of esters is 4. The van der Waals surface area contributed by atoms with Crippen molar-refractivity contribution in [3.63, 3.8) is 0 Å². The number of fused-ring (bicyclic) bond motifs is 4. The van der Waals surface area contributed by atoms with Crippen molar-refractivity contribution < 1.29 is 57.1 Å². The summed E-state index contributed by atoms with van der Waals surface area (Å²) in [5.74, 6) is -2.24. The molecule has 5 heterocycles. The Hall–Kier alpha value is -6.14. The monoisotopic (exact) mass is 878 g/mol. The molecule has 16 heteroatoms. The van der Waals surface area contributed by atoms with E-state index in [4.69, 9.17) is 47.9 Å². The number of carbonyl (C=O) groups is 4. The van der Waals surface area contributed by atoms with Gasteiger partial charge in [-0.15, -0.1) is 22.7 Å². The van der Waals surface area contributed by atoms with Gasteiger partial charge in [-0.3, -0.25) is 9.97 Å². The van der Waals surface area contributed by atoms with Crippen LogP contribution in [0.15, 0.2) is 84.9 Å². The molecule has 4 bridgehead atoms. The number of hydrogen-bond acceptors (Lipinski definition) is 16. The summed E-state index contributed by atoms with van der Waals surface area (Å²) in [4.78, 5) is 62.8. The molecular formula is C46H42N2O12S2. The average molecular weight is 879 g/mol. The molecule has 0 amide bonds. The van der Waals surface area contributed by atoms with Gasteiger partial charge in [-0.05, 0) is 107 Å². The SMILES string of the molecule is COC(=O)c1cc(C(=O)OC)cc(-c2ccc(-c3cc4nc(c3)COCCOCc3cc(-c5ccc(-c6cc(C(=O)OC)cc(C(=O)OC)c6)s5)cc(n3)COCCOC4)s2)c1. The molecule has 1 aliphatic rings. The zero-order chi connectivity index (χ0) is 43.6. The maximum Gasteiger partial charge on any atom is 0.337 e. The molecule has 0 fully saturated rings. The molecule has 0 saturated carbocycles. The molecule has 0 atom stereocenters. The van der Waals surface area contributed by atoms with Crippen molar-refractivity contribution in [1.29, 1.82) is 0 Å². The number of thiophene rings is 2. The fourth-order valence-corrected chi connectivity index (χ4v) is 8.56. The third-order valence-electron chi connectivity index (χ3n) is 9.51. The second-order valence-electron chi connectivity index (χ2n) is 13.8. The first-order valence-electron chi connectivity index (χ1n) is 19.3. The number of pyridine rings is 2. The van der Waals surface area contributed by atoms with Crippen LogP contribution in [0, 0.1) is 0 Å². The topological polar surface area (TPSA) is 168 Å². The summed E-state index contributed by atoms with van der Waals surface area (Å²) in [6, 6.07) is 25.4. The van der Waals surface area contributed by atoms with E-state index in [2.05, 4.69) is 0 Å². The van der Waals surface area contributed by atoms with Gasteiger partial charge in [-0.1, -0.05) is 0 Å². The van der Waals surface area contributed by atoms with E-state index < -0.39 is 23.9 Å². The van der Waals surface area contributed by atoms with Crippen molar-refractivity contribution in [2.75, 3.05) is 54.9 Å². The predicted molar refractivity (Wildman–Crippen MR) is 230 cm³/mol. The van der Waals surface area contributed by atoms with Gasteiger partial charge in [0, 0.05) is 19.5 Å². The smallest absolute Gasteiger partial charge is 0.337 e. The van der Waals surface area contributed by atoms with Crippen molar-refractivity contribution in [1.82, 2.24) is 9.97 Å². The normalized spacial score (nSPS) is 13.6. The second-order valence-corrected chi connectivity index (χ2v) is 15.9. The van der Waals surface area contributed by atoms with E-state index in [1.807, 2.05) is 48.5 Å². The summed E-state index contributed by atoms with van der Waals surface area (Å²) in [5, 5.41) is 0. The maximum atomic E-state index is 12.4. The Balaban J connectivity index is 1.06. The first kappa shape index (κ1) is 43.9. The van der Waals surface area contributed by atoms with E-state index >= 15 is 0 Å². The predicted octanol–water partition coefficient (Wildman–Crippen LogP) is 8.19. The lowest BCUT2D eigenvalue weighted by molar-refractivity contribution is 0.0267. The molecule has 0 unspecified atom stereocenters. The summed E-state index contributed by atoms with van der Waals surface area (Å²) >= 11 is 2.99. The zero-order valence-electron chi connectivity index (χ0n) is 34.3. The number of rotatable bonds is 8. The third-order valence-corrected chi connectivity index (χ3v) is 11.9. The lowest BCUT2D eigenvalue weighted by atomic mass is 10.0. The second kappa shape index (κ2) is 20.6. The number of hydrogen-bond donors (Lipinski definition) is 0. The van der Waals surface area contributed by atoms with Crippen LogP contribution in [-0.2, 0) is 64.3 Å². The van der Waals surface area contributed by atoms with Crippen LogP contribution in [0.4, 0.5) is 0 Å². The molecule has 2 aromatic carbocycles. The quantitative estimate of drug-likeness (QED) is 0.106. The summed E-state index contributed by atoms with van der Waals surface area (Å²) in [5.41, 5.74) is 6.97. The molecule has 0 spiro atoms. The van der Waals surface area contributed by atoms with Gasteiger partial charge >= 0.3 is 23.9 Å². The van der Waals surface area contributed by atoms with Crippen LogP contribution in [0.2, 0.25) is 0 Å². The third kappa shape index (κ3) is 10.8. The van der Waals surface area contributed by atoms with Gasteiger partial charge in [0.1, 0.15) is 0 Å². The van der Waals surface area contributed by atoms with E-state index in [1.165, 1.54) is 63.2 Å². The van der Waals surface area contributed by atoms with E-state index in [0.29, 0.717) is 60.3 Å². The summed E-state index contributed by atoms with van der Waals surface area (Å²) in [6.45, 7) is 2.16. The van der Waals surface area contributed by atoms with E-state index in [9.17, 15) is 19.2 Å². The molecule has 6 aromatic rings. The van der Waals surface area contributed by atoms with E-state index in [-0.39, 0.29) is 48.7 Å². The number of methoxy groups -OCH3 is 4. The fourth-order valence-electron chi connectivity index (χ4n) is 6.60. The molecule has 0 aliphatic carbocycles. The van der Waals surface area contributed by atoms with Crippen molar-refractivity contribution >= 4 is 46.6 Å². The van der Waals surface area contributed by atoms with Crippen LogP contribution in [0.5, 0.6) is 0 Å². The van der Waals surface area contributed by atoms with Gasteiger partial charge in [-0.25, -0.2) is 19.2 Å². The first-order chi connectivity index (χ1) is 30.1. The number of aromatic nitrogens is 2. The average Bonchev–Trinajstić information content (AvgIpc) is 4.01. The Morgan fingerprint density at radius 1 is 0.403 bits per heavy atom. The highest BCUT2D eigenvalue weighted by Crippen LogP contribution is 2.38. The molecule has 4 aromatic heterocycles. The van der Waals surface area contributed by atoms with Gasteiger partial charge < -0.3 is 37.9 Å². The zero-order valence-corrected chi connectivity index (χ0v) is 36.0. The number of carbonyl (C=O) groups excluding carboxylic acids is 4. The van der Waals surface area contributed by atoms with Gasteiger partial charge in [0.15, 0.2) is 0 Å². The molecule has 7 rings (SSSR count). The first-order valence-corrected chi connectivity index (χ1v) is 20.9. The Labute approximate surface area is 365 Å². The van der Waals surface area contributed by atoms with Gasteiger partial charge in [0.2, 0.25) is 0 Å². The van der Waals surface area contributed by atoms with Crippen LogP contribution in [0.1, 0.15) is 64.2 Å². The molecular weight excluding hydrogens is 837 g/mol. The minimum atomic E-state index is -0.559. The molecule has 0 N–H and O–H groups in total. The molecule has 320 valence electrons.